The molecule has 1 amide bonds. The zero-order valence-electron chi connectivity index (χ0n) is 16.4. The molecule has 0 atom stereocenters. The van der Waals surface area contributed by atoms with Gasteiger partial charge in [-0.25, -0.2) is 13.4 Å². The third-order valence-corrected chi connectivity index (χ3v) is 7.41. The highest BCUT2D eigenvalue weighted by Gasteiger charge is 2.33. The van der Waals surface area contributed by atoms with E-state index in [1.807, 2.05) is 0 Å². The third kappa shape index (κ3) is 4.08. The highest BCUT2D eigenvalue weighted by atomic mass is 32.2. The lowest BCUT2D eigenvalue weighted by molar-refractivity contribution is 0.0298. The second-order valence-corrected chi connectivity index (χ2v) is 9.29. The molecule has 1 aromatic heterocycles. The van der Waals surface area contributed by atoms with Gasteiger partial charge in [-0.2, -0.15) is 4.31 Å². The number of ether oxygens (including phenoxy) is 1. The average Bonchev–Trinajstić information content (AvgIpc) is 3.16. The largest absolute Gasteiger partial charge is 0.445 e. The number of piperidine rings is 1. The predicted octanol–water partition coefficient (Wildman–Crippen LogP) is 2.02. The van der Waals surface area contributed by atoms with Crippen molar-refractivity contribution in [3.05, 3.63) is 47.7 Å². The van der Waals surface area contributed by atoms with Crippen LogP contribution in [0.5, 0.6) is 0 Å². The Balaban J connectivity index is 1.43. The fourth-order valence-corrected chi connectivity index (χ4v) is 5.28. The predicted molar refractivity (Wildman–Crippen MR) is 105 cm³/mol. The van der Waals surface area contributed by atoms with E-state index in [-0.39, 0.29) is 11.8 Å². The molecule has 2 aromatic rings. The molecule has 0 N–H and O–H groups in total. The number of oxazole rings is 1. The van der Waals surface area contributed by atoms with Crippen LogP contribution in [-0.2, 0) is 14.8 Å². The van der Waals surface area contributed by atoms with E-state index in [1.165, 1.54) is 4.31 Å². The van der Waals surface area contributed by atoms with Crippen molar-refractivity contribution in [3.8, 4) is 0 Å². The SMILES string of the molecule is Cc1oc(C2CCN(S(=O)(=O)c3ccccc3)CC2)nc1C(=O)N1CCOCC1. The van der Waals surface area contributed by atoms with Gasteiger partial charge in [0.1, 0.15) is 5.76 Å². The summed E-state index contributed by atoms with van der Waals surface area (Å²) in [7, 11) is -3.49. The topological polar surface area (TPSA) is 93.0 Å². The maximum atomic E-state index is 12.8. The van der Waals surface area contributed by atoms with Gasteiger partial charge >= 0.3 is 0 Å². The number of benzene rings is 1. The first kappa shape index (κ1) is 20.1. The average molecular weight is 420 g/mol. The Hall–Kier alpha value is -2.23. The van der Waals surface area contributed by atoms with Gasteiger partial charge in [0.05, 0.1) is 18.1 Å². The fourth-order valence-electron chi connectivity index (χ4n) is 3.79. The van der Waals surface area contributed by atoms with Gasteiger partial charge in [-0.1, -0.05) is 18.2 Å². The van der Waals surface area contributed by atoms with E-state index in [0.717, 1.165) is 0 Å². The molecule has 2 fully saturated rings. The summed E-state index contributed by atoms with van der Waals surface area (Å²) in [6.07, 6.45) is 1.22. The van der Waals surface area contributed by atoms with E-state index in [1.54, 1.807) is 42.2 Å². The van der Waals surface area contributed by atoms with Crippen LogP contribution < -0.4 is 0 Å². The smallest absolute Gasteiger partial charge is 0.276 e. The number of carbonyl (C=O) groups excluding carboxylic acids is 1. The molecule has 2 aliphatic rings. The summed E-state index contributed by atoms with van der Waals surface area (Å²) in [5, 5.41) is 0. The van der Waals surface area contributed by atoms with Crippen molar-refractivity contribution < 1.29 is 22.4 Å². The summed E-state index contributed by atoms with van der Waals surface area (Å²) in [6, 6.07) is 8.47. The van der Waals surface area contributed by atoms with Gasteiger partial charge in [0.15, 0.2) is 11.6 Å². The molecule has 0 saturated carbocycles. The molecule has 1 aromatic carbocycles. The molecular weight excluding hydrogens is 394 g/mol. The number of hydrogen-bond donors (Lipinski definition) is 0. The highest BCUT2D eigenvalue weighted by molar-refractivity contribution is 7.89. The zero-order valence-corrected chi connectivity index (χ0v) is 17.2. The summed E-state index contributed by atoms with van der Waals surface area (Å²) in [6.45, 7) is 4.71. The molecule has 0 spiro atoms. The molecule has 0 bridgehead atoms. The first-order valence-corrected chi connectivity index (χ1v) is 11.3. The molecule has 4 rings (SSSR count). The van der Waals surface area contributed by atoms with Gasteiger partial charge in [0.2, 0.25) is 10.0 Å². The van der Waals surface area contributed by atoms with Crippen LogP contribution in [0.15, 0.2) is 39.6 Å². The Labute approximate surface area is 170 Å². The van der Waals surface area contributed by atoms with Crippen molar-refractivity contribution in [1.29, 1.82) is 0 Å². The molecule has 2 saturated heterocycles. The first-order valence-electron chi connectivity index (χ1n) is 9.86. The van der Waals surface area contributed by atoms with Crippen LogP contribution in [0.2, 0.25) is 0 Å². The van der Waals surface area contributed by atoms with Crippen molar-refractivity contribution in [2.45, 2.75) is 30.6 Å². The minimum absolute atomic E-state index is 0.00200. The van der Waals surface area contributed by atoms with Crippen LogP contribution in [0.3, 0.4) is 0 Å². The van der Waals surface area contributed by atoms with Gasteiger partial charge in [0.25, 0.3) is 5.91 Å². The molecule has 29 heavy (non-hydrogen) atoms. The van der Waals surface area contributed by atoms with E-state index in [2.05, 4.69) is 4.98 Å². The number of hydrogen-bond acceptors (Lipinski definition) is 6. The Bertz CT molecular complexity index is 959. The molecule has 2 aliphatic heterocycles. The van der Waals surface area contributed by atoms with Crippen LogP contribution in [0.4, 0.5) is 0 Å². The highest BCUT2D eigenvalue weighted by Crippen LogP contribution is 2.31. The van der Waals surface area contributed by atoms with E-state index >= 15 is 0 Å². The Kier molecular flexibility index (Phi) is 5.71. The fraction of sp³-hybridized carbons (Fsp3) is 0.500. The summed E-state index contributed by atoms with van der Waals surface area (Å²) >= 11 is 0. The molecule has 3 heterocycles. The summed E-state index contributed by atoms with van der Waals surface area (Å²) in [5.74, 6) is 0.902. The lowest BCUT2D eigenvalue weighted by atomic mass is 9.98. The first-order chi connectivity index (χ1) is 14.0. The molecule has 0 unspecified atom stereocenters. The summed E-state index contributed by atoms with van der Waals surface area (Å²) in [4.78, 5) is 19.2. The van der Waals surface area contributed by atoms with Crippen molar-refractivity contribution in [1.82, 2.24) is 14.2 Å². The number of nitrogens with zero attached hydrogens (tertiary/aromatic N) is 3. The van der Waals surface area contributed by atoms with Crippen LogP contribution in [-0.4, -0.2) is 67.9 Å². The van der Waals surface area contributed by atoms with Crippen molar-refractivity contribution in [2.24, 2.45) is 0 Å². The molecule has 0 radical (unpaired) electrons. The van der Waals surface area contributed by atoms with Crippen molar-refractivity contribution in [2.75, 3.05) is 39.4 Å². The van der Waals surface area contributed by atoms with E-state index in [9.17, 15) is 13.2 Å². The number of aromatic nitrogens is 1. The Morgan fingerprint density at radius 2 is 1.72 bits per heavy atom. The molecule has 9 heteroatoms. The van der Waals surface area contributed by atoms with Crippen LogP contribution in [0, 0.1) is 6.92 Å². The van der Waals surface area contributed by atoms with Crippen LogP contribution in [0.25, 0.3) is 0 Å². The van der Waals surface area contributed by atoms with Crippen molar-refractivity contribution in [3.63, 3.8) is 0 Å². The number of carbonyl (C=O) groups is 1. The van der Waals surface area contributed by atoms with Crippen LogP contribution in [0.1, 0.15) is 40.9 Å². The number of aryl methyl sites for hydroxylation is 1. The Morgan fingerprint density at radius 1 is 1.07 bits per heavy atom. The quantitative estimate of drug-likeness (QED) is 0.753. The standard InChI is InChI=1S/C20H25N3O5S/c1-15-18(20(24)22-11-13-27-14-12-22)21-19(28-15)16-7-9-23(10-8-16)29(25,26)17-5-3-2-4-6-17/h2-6,16H,7-14H2,1H3. The number of amides is 1. The monoisotopic (exact) mass is 419 g/mol. The zero-order chi connectivity index (χ0) is 20.4. The summed E-state index contributed by atoms with van der Waals surface area (Å²) < 4.78 is 38.2. The second kappa shape index (κ2) is 8.25. The summed E-state index contributed by atoms with van der Waals surface area (Å²) in [5.41, 5.74) is 0.348. The third-order valence-electron chi connectivity index (χ3n) is 5.50. The maximum Gasteiger partial charge on any atom is 0.276 e. The number of morpholine rings is 1. The molecule has 8 nitrogen and oxygen atoms in total. The van der Waals surface area contributed by atoms with E-state index in [0.29, 0.717) is 74.5 Å². The minimum Gasteiger partial charge on any atom is -0.445 e. The molecular formula is C20H25N3O5S. The number of rotatable bonds is 4. The number of sulfonamides is 1. The van der Waals surface area contributed by atoms with Gasteiger partial charge in [-0.05, 0) is 31.9 Å². The van der Waals surface area contributed by atoms with Gasteiger partial charge in [-0.15, -0.1) is 0 Å². The lowest BCUT2D eigenvalue weighted by Crippen LogP contribution is -2.41. The molecule has 156 valence electrons. The normalized spacial score (nSPS) is 19.4. The van der Waals surface area contributed by atoms with E-state index in [4.69, 9.17) is 9.15 Å². The van der Waals surface area contributed by atoms with Gasteiger partial charge in [-0.3, -0.25) is 4.79 Å². The second-order valence-electron chi connectivity index (χ2n) is 7.35. The van der Waals surface area contributed by atoms with E-state index < -0.39 is 10.0 Å². The Morgan fingerprint density at radius 3 is 2.38 bits per heavy atom. The van der Waals surface area contributed by atoms with Gasteiger partial charge < -0.3 is 14.1 Å². The lowest BCUT2D eigenvalue weighted by Gasteiger charge is -2.29. The minimum atomic E-state index is -3.49. The van der Waals surface area contributed by atoms with Crippen LogP contribution >= 0.6 is 0 Å². The van der Waals surface area contributed by atoms with Gasteiger partial charge in [0, 0.05) is 32.1 Å². The molecule has 0 aliphatic carbocycles. The van der Waals surface area contributed by atoms with Crippen molar-refractivity contribution >= 4 is 15.9 Å². The maximum absolute atomic E-state index is 12.8.